The Morgan fingerprint density at radius 3 is 2.85 bits per heavy atom. The Labute approximate surface area is 160 Å². The van der Waals surface area contributed by atoms with Crippen LogP contribution in [0.25, 0.3) is 0 Å². The van der Waals surface area contributed by atoms with Crippen LogP contribution in [0.1, 0.15) is 22.3 Å². The number of esters is 1. The minimum absolute atomic E-state index is 0.000149. The van der Waals surface area contributed by atoms with E-state index >= 15 is 0 Å². The molecule has 0 bridgehead atoms. The first-order valence-corrected chi connectivity index (χ1v) is 8.57. The number of rotatable bonds is 5. The molecule has 0 saturated carbocycles. The van der Waals surface area contributed by atoms with Crippen LogP contribution in [0.3, 0.4) is 0 Å². The van der Waals surface area contributed by atoms with Gasteiger partial charge in [0.1, 0.15) is 5.75 Å². The molecule has 2 aromatic carbocycles. The molecule has 2 amide bonds. The van der Waals surface area contributed by atoms with Gasteiger partial charge in [-0.05, 0) is 42.3 Å². The number of aryl methyl sites for hydroxylation is 1. The highest BCUT2D eigenvalue weighted by Crippen LogP contribution is 2.29. The highest BCUT2D eigenvalue weighted by molar-refractivity contribution is 6.33. The Kier molecular flexibility index (Phi) is 5.61. The highest BCUT2D eigenvalue weighted by Gasteiger charge is 2.16. The molecule has 0 atom stereocenters. The summed E-state index contributed by atoms with van der Waals surface area (Å²) in [6.45, 7) is 0.000149. The van der Waals surface area contributed by atoms with Crippen molar-refractivity contribution in [1.82, 2.24) is 0 Å². The molecule has 7 nitrogen and oxygen atoms in total. The number of methoxy groups -OCH3 is 1. The molecular formula is C19H17ClN2O5. The predicted octanol–water partition coefficient (Wildman–Crippen LogP) is 3.03. The van der Waals surface area contributed by atoms with E-state index in [2.05, 4.69) is 15.4 Å². The normalized spacial score (nSPS) is 12.4. The number of amides is 2. The van der Waals surface area contributed by atoms with Gasteiger partial charge in [-0.25, -0.2) is 4.79 Å². The fourth-order valence-electron chi connectivity index (χ4n) is 2.62. The second-order valence-corrected chi connectivity index (χ2v) is 6.31. The Balaban J connectivity index is 1.63. The number of carbonyl (C=O) groups excluding carboxylic acids is 3. The Bertz CT molecular complexity index is 913. The van der Waals surface area contributed by atoms with Gasteiger partial charge in [0.25, 0.3) is 5.91 Å². The smallest absolute Gasteiger partial charge is 0.337 e. The number of fused-ring (bicyclic) bond motifs is 1. The highest BCUT2D eigenvalue weighted by atomic mass is 35.5. The van der Waals surface area contributed by atoms with Gasteiger partial charge in [-0.2, -0.15) is 0 Å². The predicted molar refractivity (Wildman–Crippen MR) is 100 cm³/mol. The minimum Gasteiger partial charge on any atom is -0.482 e. The summed E-state index contributed by atoms with van der Waals surface area (Å²) in [7, 11) is 1.28. The van der Waals surface area contributed by atoms with Gasteiger partial charge in [-0.3, -0.25) is 9.59 Å². The molecule has 0 aliphatic carbocycles. The van der Waals surface area contributed by atoms with Crippen LogP contribution in [0.2, 0.25) is 5.02 Å². The van der Waals surface area contributed by atoms with E-state index in [1.807, 2.05) is 6.07 Å². The molecule has 1 aliphatic heterocycles. The largest absolute Gasteiger partial charge is 0.482 e. The quantitative estimate of drug-likeness (QED) is 0.768. The monoisotopic (exact) mass is 388 g/mol. The second kappa shape index (κ2) is 8.09. The van der Waals surface area contributed by atoms with E-state index in [0.717, 1.165) is 5.56 Å². The van der Waals surface area contributed by atoms with Crippen molar-refractivity contribution in [3.8, 4) is 5.75 Å². The minimum atomic E-state index is -0.513. The van der Waals surface area contributed by atoms with Crippen LogP contribution in [0.5, 0.6) is 5.75 Å². The number of hydrogen-bond donors (Lipinski definition) is 2. The van der Waals surface area contributed by atoms with Crippen molar-refractivity contribution < 1.29 is 23.9 Å². The van der Waals surface area contributed by atoms with Crippen molar-refractivity contribution in [2.45, 2.75) is 12.8 Å². The zero-order valence-corrected chi connectivity index (χ0v) is 15.3. The van der Waals surface area contributed by atoms with E-state index in [4.69, 9.17) is 16.3 Å². The Morgan fingerprint density at radius 2 is 2.07 bits per heavy atom. The summed E-state index contributed by atoms with van der Waals surface area (Å²) in [6.07, 6.45) is 0.662. The van der Waals surface area contributed by atoms with Crippen molar-refractivity contribution in [3.05, 3.63) is 52.5 Å². The molecule has 2 N–H and O–H groups in total. The third-order valence-electron chi connectivity index (χ3n) is 3.98. The van der Waals surface area contributed by atoms with Crippen molar-refractivity contribution >= 4 is 40.8 Å². The van der Waals surface area contributed by atoms with E-state index in [-0.39, 0.29) is 24.8 Å². The fourth-order valence-corrected chi connectivity index (χ4v) is 2.79. The number of benzene rings is 2. The van der Waals surface area contributed by atoms with E-state index in [1.54, 1.807) is 12.1 Å². The van der Waals surface area contributed by atoms with Crippen molar-refractivity contribution in [1.29, 1.82) is 0 Å². The maximum absolute atomic E-state index is 12.2. The van der Waals surface area contributed by atoms with Crippen LogP contribution in [-0.2, 0) is 20.7 Å². The molecule has 1 heterocycles. The summed E-state index contributed by atoms with van der Waals surface area (Å²) in [5.41, 5.74) is 2.11. The summed E-state index contributed by atoms with van der Waals surface area (Å²) < 4.78 is 9.96. The lowest BCUT2D eigenvalue weighted by molar-refractivity contribution is -0.118. The molecule has 0 aromatic heterocycles. The first-order valence-electron chi connectivity index (χ1n) is 8.19. The second-order valence-electron chi connectivity index (χ2n) is 5.90. The molecule has 0 unspecified atom stereocenters. The molecule has 0 fully saturated rings. The third kappa shape index (κ3) is 4.57. The molecular weight excluding hydrogens is 372 g/mol. The first kappa shape index (κ1) is 18.7. The van der Waals surface area contributed by atoms with Gasteiger partial charge in [0.2, 0.25) is 5.91 Å². The molecule has 2 aromatic rings. The van der Waals surface area contributed by atoms with Crippen LogP contribution in [0, 0.1) is 0 Å². The van der Waals surface area contributed by atoms with Crippen molar-refractivity contribution in [3.63, 3.8) is 0 Å². The zero-order valence-electron chi connectivity index (χ0n) is 14.5. The average Bonchev–Trinajstić information content (AvgIpc) is 2.67. The molecule has 0 radical (unpaired) electrons. The van der Waals surface area contributed by atoms with Gasteiger partial charge in [0, 0.05) is 6.42 Å². The molecule has 8 heteroatoms. The summed E-state index contributed by atoms with van der Waals surface area (Å²) >= 11 is 6.08. The Hall–Kier alpha value is -3.06. The van der Waals surface area contributed by atoms with Gasteiger partial charge in [0.15, 0.2) is 6.61 Å². The summed E-state index contributed by atoms with van der Waals surface area (Å²) in [6, 6.07) is 9.90. The van der Waals surface area contributed by atoms with Crippen LogP contribution in [-0.4, -0.2) is 31.5 Å². The summed E-state index contributed by atoms with van der Waals surface area (Å²) in [4.78, 5) is 35.2. The zero-order chi connectivity index (χ0) is 19.4. The van der Waals surface area contributed by atoms with E-state index in [9.17, 15) is 14.4 Å². The van der Waals surface area contributed by atoms with Crippen LogP contribution in [0.4, 0.5) is 11.4 Å². The maximum atomic E-state index is 12.2. The SMILES string of the molecule is COC(=O)c1ccc(Cl)c(NC(=O)CCc2ccc3c(c2)NC(=O)CO3)c1. The van der Waals surface area contributed by atoms with Crippen LogP contribution >= 0.6 is 11.6 Å². The molecule has 3 rings (SSSR count). The molecule has 27 heavy (non-hydrogen) atoms. The molecule has 140 valence electrons. The van der Waals surface area contributed by atoms with Crippen molar-refractivity contribution in [2.24, 2.45) is 0 Å². The van der Waals surface area contributed by atoms with Gasteiger partial charge in [0.05, 0.1) is 29.1 Å². The van der Waals surface area contributed by atoms with E-state index in [0.29, 0.717) is 34.1 Å². The topological polar surface area (TPSA) is 93.7 Å². The standard InChI is InChI=1S/C19H17ClN2O5/c1-26-19(25)12-4-5-13(20)14(9-12)21-17(23)7-3-11-2-6-16-15(8-11)22-18(24)10-27-16/h2,4-6,8-9H,3,7,10H2,1H3,(H,21,23)(H,22,24). The van der Waals surface area contributed by atoms with E-state index < -0.39 is 5.97 Å². The number of anilines is 2. The van der Waals surface area contributed by atoms with Crippen LogP contribution < -0.4 is 15.4 Å². The number of ether oxygens (including phenoxy) is 2. The molecule has 1 aliphatic rings. The van der Waals surface area contributed by atoms with Gasteiger partial charge >= 0.3 is 5.97 Å². The molecule has 0 saturated heterocycles. The van der Waals surface area contributed by atoms with E-state index in [1.165, 1.54) is 25.3 Å². The van der Waals surface area contributed by atoms with Crippen molar-refractivity contribution in [2.75, 3.05) is 24.4 Å². The lowest BCUT2D eigenvalue weighted by Gasteiger charge is -2.18. The fraction of sp³-hybridized carbons (Fsp3) is 0.211. The third-order valence-corrected chi connectivity index (χ3v) is 4.31. The van der Waals surface area contributed by atoms with Gasteiger partial charge in [-0.1, -0.05) is 17.7 Å². The lowest BCUT2D eigenvalue weighted by Crippen LogP contribution is -2.25. The van der Waals surface area contributed by atoms with Gasteiger partial charge < -0.3 is 20.1 Å². The first-order chi connectivity index (χ1) is 13.0. The average molecular weight is 389 g/mol. The molecule has 0 spiro atoms. The maximum Gasteiger partial charge on any atom is 0.337 e. The number of halogens is 1. The summed E-state index contributed by atoms with van der Waals surface area (Å²) in [5, 5.41) is 5.75. The van der Waals surface area contributed by atoms with Crippen LogP contribution in [0.15, 0.2) is 36.4 Å². The summed E-state index contributed by atoms with van der Waals surface area (Å²) in [5.74, 6) is -0.371. The lowest BCUT2D eigenvalue weighted by atomic mass is 10.1. The number of carbonyl (C=O) groups is 3. The number of nitrogens with one attached hydrogen (secondary N) is 2. The van der Waals surface area contributed by atoms with Gasteiger partial charge in [-0.15, -0.1) is 0 Å². The number of hydrogen-bond acceptors (Lipinski definition) is 5. The Morgan fingerprint density at radius 1 is 1.26 bits per heavy atom.